The van der Waals surface area contributed by atoms with Gasteiger partial charge in [0.2, 0.25) is 0 Å². The first kappa shape index (κ1) is 35.4. The number of rotatable bonds is 7. The molecule has 0 fully saturated rings. The van der Waals surface area contributed by atoms with Crippen LogP contribution < -0.4 is 4.74 Å². The normalized spacial score (nSPS) is 11.8. The first-order chi connectivity index (χ1) is 23.4. The molecule has 3 heterocycles. The molecule has 0 spiro atoms. The third-order valence-electron chi connectivity index (χ3n) is 9.47. The second-order valence-electron chi connectivity index (χ2n) is 14.5. The molecule has 4 aromatic carbocycles. The van der Waals surface area contributed by atoms with Crippen LogP contribution in [-0.4, -0.2) is 19.3 Å². The van der Waals surface area contributed by atoms with Crippen LogP contribution in [0.4, 0.5) is 0 Å². The number of pyridine rings is 1. The van der Waals surface area contributed by atoms with E-state index in [4.69, 9.17) is 14.8 Å². The minimum atomic E-state index is -0.191. The van der Waals surface area contributed by atoms with Crippen LogP contribution >= 0.6 is 0 Å². The number of nitrogens with zero attached hydrogens (tertiary/aromatic N) is 4. The summed E-state index contributed by atoms with van der Waals surface area (Å²) in [5, 5.41) is 7.45. The van der Waals surface area contributed by atoms with Crippen molar-refractivity contribution in [3.8, 4) is 34.1 Å². The smallest absolute Gasteiger partial charge is 0.509 e. The number of fused-ring (bicyclic) bond motifs is 3. The monoisotopic (exact) mass is 839 g/mol. The molecule has 256 valence electrons. The van der Waals surface area contributed by atoms with Crippen molar-refractivity contribution in [1.29, 1.82) is 0 Å². The Morgan fingerprint density at radius 2 is 1.54 bits per heavy atom. The summed E-state index contributed by atoms with van der Waals surface area (Å²) in [6.07, 6.45) is 2.82. The topological polar surface area (TPSA) is 44.9 Å². The van der Waals surface area contributed by atoms with Gasteiger partial charge in [0.15, 0.2) is 0 Å². The second-order valence-corrected chi connectivity index (χ2v) is 14.5. The van der Waals surface area contributed by atoms with E-state index in [1.54, 1.807) is 0 Å². The number of para-hydroxylation sites is 1. The van der Waals surface area contributed by atoms with Crippen LogP contribution in [0.3, 0.4) is 0 Å². The summed E-state index contributed by atoms with van der Waals surface area (Å²) in [5.74, 6) is 2.40. The second kappa shape index (κ2) is 13.7. The molecule has 0 saturated carbocycles. The van der Waals surface area contributed by atoms with E-state index in [1.165, 1.54) is 27.8 Å². The third kappa shape index (κ3) is 6.33. The predicted molar refractivity (Wildman–Crippen MR) is 202 cm³/mol. The Hall–Kier alpha value is -4.47. The molecule has 0 radical (unpaired) electrons. The summed E-state index contributed by atoms with van der Waals surface area (Å²) in [6, 6.07) is 34.8. The Morgan fingerprint density at radius 3 is 2.24 bits per heavy atom. The van der Waals surface area contributed by atoms with Crippen LogP contribution in [0.1, 0.15) is 81.1 Å². The van der Waals surface area contributed by atoms with Crippen LogP contribution in [0.15, 0.2) is 85.1 Å². The van der Waals surface area contributed by atoms with Crippen LogP contribution in [0.2, 0.25) is 0 Å². The molecule has 5 nitrogen and oxygen atoms in total. The molecule has 0 amide bonds. The van der Waals surface area contributed by atoms with Gasteiger partial charge in [0.25, 0.3) is 0 Å². The van der Waals surface area contributed by atoms with Gasteiger partial charge in [-0.2, -0.15) is 11.2 Å². The zero-order valence-corrected chi connectivity index (χ0v) is 32.7. The van der Waals surface area contributed by atoms with Gasteiger partial charge in [-0.05, 0) is 84.6 Å². The van der Waals surface area contributed by atoms with E-state index in [2.05, 4.69) is 156 Å². The van der Waals surface area contributed by atoms with E-state index >= 15 is 0 Å². The Labute approximate surface area is 310 Å². The van der Waals surface area contributed by atoms with Crippen molar-refractivity contribution < 1.29 is 25.8 Å². The SMILES string of the molecule is CCc1ccnc(-n2c3[c-]c(Oc4[c-]c(-n5nc(C)c(-c6c(C)cccc6C)c5C(C)(C)C)cc(C(C)C)c4)ccc3c3ccccc32)c1.[Pt+2]. The fourth-order valence-corrected chi connectivity index (χ4v) is 7.05. The number of benzene rings is 4. The molecule has 7 rings (SSSR count). The molecule has 0 aliphatic heterocycles. The van der Waals surface area contributed by atoms with Crippen LogP contribution in [-0.2, 0) is 32.9 Å². The van der Waals surface area contributed by atoms with Gasteiger partial charge in [0.05, 0.1) is 11.4 Å². The Morgan fingerprint density at radius 1 is 0.800 bits per heavy atom. The zero-order valence-electron chi connectivity index (χ0n) is 30.4. The average Bonchev–Trinajstić information content (AvgIpc) is 3.59. The van der Waals surface area contributed by atoms with Crippen molar-refractivity contribution in [2.75, 3.05) is 0 Å². The summed E-state index contributed by atoms with van der Waals surface area (Å²) >= 11 is 0. The fourth-order valence-electron chi connectivity index (χ4n) is 7.05. The molecule has 0 atom stereocenters. The van der Waals surface area contributed by atoms with Crippen molar-refractivity contribution in [3.63, 3.8) is 0 Å². The summed E-state index contributed by atoms with van der Waals surface area (Å²) in [6.45, 7) is 19.8. The number of hydrogen-bond donors (Lipinski definition) is 0. The quantitative estimate of drug-likeness (QED) is 0.150. The fraction of sp³-hybridized carbons (Fsp3) is 0.273. The summed E-state index contributed by atoms with van der Waals surface area (Å²) < 4.78 is 10.9. The van der Waals surface area contributed by atoms with Gasteiger partial charge < -0.3 is 9.30 Å². The predicted octanol–water partition coefficient (Wildman–Crippen LogP) is 11.3. The largest absolute Gasteiger partial charge is 2.00 e. The van der Waals surface area contributed by atoms with Gasteiger partial charge in [-0.1, -0.05) is 83.5 Å². The molecular weight excluding hydrogens is 796 g/mol. The molecule has 6 heteroatoms. The van der Waals surface area contributed by atoms with E-state index in [0.717, 1.165) is 56.7 Å². The van der Waals surface area contributed by atoms with Gasteiger partial charge in [0.1, 0.15) is 5.82 Å². The molecule has 0 aliphatic rings. The van der Waals surface area contributed by atoms with Gasteiger partial charge >= 0.3 is 21.1 Å². The van der Waals surface area contributed by atoms with E-state index in [9.17, 15) is 0 Å². The number of aromatic nitrogens is 4. The average molecular weight is 840 g/mol. The maximum atomic E-state index is 6.67. The van der Waals surface area contributed by atoms with E-state index in [0.29, 0.717) is 11.5 Å². The van der Waals surface area contributed by atoms with Crippen LogP contribution in [0.25, 0.3) is 44.4 Å². The van der Waals surface area contributed by atoms with Crippen molar-refractivity contribution in [1.82, 2.24) is 19.3 Å². The van der Waals surface area contributed by atoms with Gasteiger partial charge in [-0.3, -0.25) is 4.68 Å². The molecule has 0 unspecified atom stereocenters. The minimum Gasteiger partial charge on any atom is -0.509 e. The molecule has 0 N–H and O–H groups in total. The summed E-state index contributed by atoms with van der Waals surface area (Å²) in [5.41, 5.74) is 12.2. The summed E-state index contributed by atoms with van der Waals surface area (Å²) in [4.78, 5) is 4.78. The first-order valence-corrected chi connectivity index (χ1v) is 17.3. The molecule has 50 heavy (non-hydrogen) atoms. The van der Waals surface area contributed by atoms with Gasteiger partial charge in [-0.15, -0.1) is 41.3 Å². The Balaban J connectivity index is 0.00000432. The molecular formula is C44H44N4OPt. The van der Waals surface area contributed by atoms with Crippen molar-refractivity contribution >= 4 is 21.8 Å². The number of ether oxygens (including phenoxy) is 1. The number of aryl methyl sites for hydroxylation is 4. The van der Waals surface area contributed by atoms with Crippen molar-refractivity contribution in [3.05, 3.63) is 131 Å². The van der Waals surface area contributed by atoms with Crippen molar-refractivity contribution in [2.24, 2.45) is 0 Å². The van der Waals surface area contributed by atoms with E-state index in [-0.39, 0.29) is 32.4 Å². The van der Waals surface area contributed by atoms with Gasteiger partial charge in [-0.25, -0.2) is 4.98 Å². The molecule has 7 aromatic rings. The van der Waals surface area contributed by atoms with Crippen molar-refractivity contribution in [2.45, 2.75) is 80.1 Å². The summed E-state index contributed by atoms with van der Waals surface area (Å²) in [7, 11) is 0. The maximum absolute atomic E-state index is 6.67. The standard InChI is InChI=1S/C44H44N4O.Pt/c1-10-31-20-21-45-40(22-31)47-38-17-12-11-16-36(38)37-19-18-34(26-39(37)47)49-35-24-32(27(2)3)23-33(25-35)48-43(44(7,8)9)42(30(6)46-48)41-28(4)14-13-15-29(41)5;/h11-24,27H,10H2,1-9H3;/q-2;+2. The molecule has 3 aromatic heterocycles. The van der Waals surface area contributed by atoms with E-state index in [1.807, 2.05) is 12.3 Å². The first-order valence-electron chi connectivity index (χ1n) is 17.3. The molecule has 0 saturated heterocycles. The number of hydrogen-bond acceptors (Lipinski definition) is 3. The zero-order chi connectivity index (χ0) is 34.6. The Bertz CT molecular complexity index is 2330. The molecule has 0 bridgehead atoms. The third-order valence-corrected chi connectivity index (χ3v) is 9.47. The minimum absolute atomic E-state index is 0. The maximum Gasteiger partial charge on any atom is 2.00 e. The van der Waals surface area contributed by atoms with Crippen LogP contribution in [0, 0.1) is 32.9 Å². The van der Waals surface area contributed by atoms with E-state index < -0.39 is 0 Å². The Kier molecular flexibility index (Phi) is 9.67. The van der Waals surface area contributed by atoms with Gasteiger partial charge in [0, 0.05) is 34.2 Å². The molecule has 0 aliphatic carbocycles. The van der Waals surface area contributed by atoms with Crippen LogP contribution in [0.5, 0.6) is 11.5 Å².